The Morgan fingerprint density at radius 2 is 1.67 bits per heavy atom. The van der Waals surface area contributed by atoms with E-state index in [9.17, 15) is 19.7 Å². The van der Waals surface area contributed by atoms with Crippen LogP contribution in [0.25, 0.3) is 0 Å². The first kappa shape index (κ1) is 23.8. The zero-order valence-electron chi connectivity index (χ0n) is 15.8. The molecule has 0 fully saturated rings. The van der Waals surface area contributed by atoms with Gasteiger partial charge in [0.25, 0.3) is 5.69 Å². The van der Waals surface area contributed by atoms with Gasteiger partial charge in [0.15, 0.2) is 0 Å². The summed E-state index contributed by atoms with van der Waals surface area (Å²) in [7, 11) is 2.62. The Morgan fingerprint density at radius 3 is 2.20 bits per heavy atom. The molecule has 0 heterocycles. The fourth-order valence-electron chi connectivity index (χ4n) is 2.47. The van der Waals surface area contributed by atoms with Gasteiger partial charge in [0.05, 0.1) is 29.3 Å². The number of thioether (sulfide) groups is 1. The molecular formula is C19H17Cl2NO7S. The molecule has 0 aliphatic heterocycles. The van der Waals surface area contributed by atoms with Gasteiger partial charge in [0.2, 0.25) is 10.9 Å². The molecule has 0 aliphatic carbocycles. The van der Waals surface area contributed by atoms with Gasteiger partial charge in [-0.05, 0) is 23.8 Å². The molecule has 0 unspecified atom stereocenters. The summed E-state index contributed by atoms with van der Waals surface area (Å²) >= 11 is 12.1. The Labute approximate surface area is 186 Å². The summed E-state index contributed by atoms with van der Waals surface area (Å²) in [5, 5.41) is 10.5. The third kappa shape index (κ3) is 6.01. The number of hydrogen-bond acceptors (Lipinski definition) is 8. The lowest BCUT2D eigenvalue weighted by Crippen LogP contribution is -2.34. The van der Waals surface area contributed by atoms with Gasteiger partial charge in [0.1, 0.15) is 5.75 Å². The number of nitrogens with zero attached hydrogens (tertiary/aromatic N) is 1. The molecule has 2 rings (SSSR count). The number of nitro benzene ring substituents is 1. The second-order valence-electron chi connectivity index (χ2n) is 5.72. The van der Waals surface area contributed by atoms with Crippen LogP contribution >= 0.6 is 35.0 Å². The summed E-state index contributed by atoms with van der Waals surface area (Å²) in [6.07, 6.45) is -1.47. The van der Waals surface area contributed by atoms with Gasteiger partial charge >= 0.3 is 11.9 Å². The third-order valence-electron chi connectivity index (χ3n) is 3.89. The highest BCUT2D eigenvalue weighted by Gasteiger charge is 2.37. The molecule has 8 nitrogen and oxygen atoms in total. The molecule has 2 aromatic carbocycles. The van der Waals surface area contributed by atoms with Crippen LogP contribution in [0.2, 0.25) is 0 Å². The Hall–Kier alpha value is -2.49. The Morgan fingerprint density at radius 1 is 1.03 bits per heavy atom. The molecule has 2 aromatic rings. The highest BCUT2D eigenvalue weighted by molar-refractivity contribution is 7.99. The van der Waals surface area contributed by atoms with Gasteiger partial charge in [-0.25, -0.2) is 9.59 Å². The first-order valence-electron chi connectivity index (χ1n) is 8.39. The maximum Gasteiger partial charge on any atom is 0.348 e. The van der Waals surface area contributed by atoms with Crippen LogP contribution in [0.5, 0.6) is 5.75 Å². The largest absolute Gasteiger partial charge is 0.497 e. The number of methoxy groups -OCH3 is 2. The number of carbonyl (C=O) groups excluding carboxylic acids is 2. The molecule has 0 amide bonds. The number of nitro groups is 1. The van der Waals surface area contributed by atoms with E-state index in [4.69, 9.17) is 37.4 Å². The highest BCUT2D eigenvalue weighted by Crippen LogP contribution is 2.43. The fraction of sp³-hybridized carbons (Fsp3) is 0.263. The number of halogens is 2. The van der Waals surface area contributed by atoms with Crippen molar-refractivity contribution in [2.45, 2.75) is 21.1 Å². The normalized spacial score (nSPS) is 12.7. The second-order valence-corrected chi connectivity index (χ2v) is 8.00. The average Bonchev–Trinajstić information content (AvgIpc) is 2.75. The molecule has 0 aromatic heterocycles. The van der Waals surface area contributed by atoms with Crippen LogP contribution < -0.4 is 4.74 Å². The molecular weight excluding hydrogens is 457 g/mol. The predicted molar refractivity (Wildman–Crippen MR) is 112 cm³/mol. The van der Waals surface area contributed by atoms with E-state index in [-0.39, 0.29) is 10.6 Å². The van der Waals surface area contributed by atoms with E-state index < -0.39 is 33.1 Å². The van der Waals surface area contributed by atoms with Gasteiger partial charge in [-0.3, -0.25) is 10.1 Å². The van der Waals surface area contributed by atoms with Crippen molar-refractivity contribution in [1.82, 2.24) is 0 Å². The topological polar surface area (TPSA) is 105 Å². The van der Waals surface area contributed by atoms with E-state index in [2.05, 4.69) is 0 Å². The predicted octanol–water partition coefficient (Wildman–Crippen LogP) is 4.33. The standard InChI is InChI=1S/C19H17Cl2NO7S/c1-27-12-9-7-11(8-10-12)16(15(18(23)28-2)29-19(24)17(20)21)30-14-6-4-3-5-13(14)22(25)26/h3-10,15-17H,1-2H3/t15-,16+/m0/s1. The SMILES string of the molecule is COC(=O)[C@@H](OC(=O)C(Cl)Cl)[C@H](Sc1ccccc1[N+](=O)[O-])c1ccc(OC)cc1. The average molecular weight is 474 g/mol. The molecule has 0 saturated heterocycles. The molecule has 0 N–H and O–H groups in total. The summed E-state index contributed by atoms with van der Waals surface area (Å²) in [6.45, 7) is 0. The van der Waals surface area contributed by atoms with Crippen LogP contribution in [-0.4, -0.2) is 42.0 Å². The Bertz CT molecular complexity index is 908. The van der Waals surface area contributed by atoms with Crippen molar-refractivity contribution in [2.75, 3.05) is 14.2 Å². The van der Waals surface area contributed by atoms with E-state index >= 15 is 0 Å². The fourth-order valence-corrected chi connectivity index (χ4v) is 3.85. The number of esters is 2. The van der Waals surface area contributed by atoms with Crippen molar-refractivity contribution < 1.29 is 28.7 Å². The summed E-state index contributed by atoms with van der Waals surface area (Å²) in [5.74, 6) is -1.36. The van der Waals surface area contributed by atoms with Crippen LogP contribution in [0, 0.1) is 10.1 Å². The lowest BCUT2D eigenvalue weighted by atomic mass is 10.1. The molecule has 0 spiro atoms. The van der Waals surface area contributed by atoms with E-state index in [0.717, 1.165) is 18.9 Å². The quantitative estimate of drug-likeness (QED) is 0.174. The van der Waals surface area contributed by atoms with E-state index in [0.29, 0.717) is 11.3 Å². The van der Waals surface area contributed by atoms with Gasteiger partial charge in [-0.1, -0.05) is 47.5 Å². The van der Waals surface area contributed by atoms with Crippen LogP contribution in [-0.2, 0) is 19.1 Å². The van der Waals surface area contributed by atoms with Crippen molar-refractivity contribution in [3.63, 3.8) is 0 Å². The molecule has 0 aliphatic rings. The van der Waals surface area contributed by atoms with Crippen LogP contribution in [0.4, 0.5) is 5.69 Å². The minimum Gasteiger partial charge on any atom is -0.497 e. The Balaban J connectivity index is 2.54. The molecule has 160 valence electrons. The van der Waals surface area contributed by atoms with Gasteiger partial charge in [0, 0.05) is 6.07 Å². The lowest BCUT2D eigenvalue weighted by Gasteiger charge is -2.25. The third-order valence-corrected chi connectivity index (χ3v) is 5.62. The maximum absolute atomic E-state index is 12.5. The number of carbonyl (C=O) groups is 2. The summed E-state index contributed by atoms with van der Waals surface area (Å²) < 4.78 is 15.1. The molecule has 0 saturated carbocycles. The minimum atomic E-state index is -1.52. The number of para-hydroxylation sites is 1. The zero-order valence-corrected chi connectivity index (χ0v) is 18.1. The smallest absolute Gasteiger partial charge is 0.348 e. The monoisotopic (exact) mass is 473 g/mol. The lowest BCUT2D eigenvalue weighted by molar-refractivity contribution is -0.387. The molecule has 0 radical (unpaired) electrons. The van der Waals surface area contributed by atoms with E-state index in [1.807, 2.05) is 0 Å². The molecule has 11 heteroatoms. The van der Waals surface area contributed by atoms with Crippen LogP contribution in [0.1, 0.15) is 10.8 Å². The number of alkyl halides is 2. The molecule has 2 atom stereocenters. The summed E-state index contributed by atoms with van der Waals surface area (Å²) in [5.41, 5.74) is 0.367. The first-order valence-corrected chi connectivity index (χ1v) is 10.1. The van der Waals surface area contributed by atoms with Crippen molar-refractivity contribution >= 4 is 52.6 Å². The van der Waals surface area contributed by atoms with E-state index in [1.54, 1.807) is 30.3 Å². The van der Waals surface area contributed by atoms with Crippen molar-refractivity contribution in [3.8, 4) is 5.75 Å². The summed E-state index contributed by atoms with van der Waals surface area (Å²) in [4.78, 5) is 34.1. The highest BCUT2D eigenvalue weighted by atomic mass is 35.5. The van der Waals surface area contributed by atoms with Crippen molar-refractivity contribution in [2.24, 2.45) is 0 Å². The molecule has 0 bridgehead atoms. The number of rotatable bonds is 9. The van der Waals surface area contributed by atoms with E-state index in [1.165, 1.54) is 25.3 Å². The van der Waals surface area contributed by atoms with Crippen LogP contribution in [0.3, 0.4) is 0 Å². The first-order chi connectivity index (χ1) is 14.3. The van der Waals surface area contributed by atoms with Gasteiger partial charge < -0.3 is 14.2 Å². The second kappa shape index (κ2) is 11.1. The zero-order chi connectivity index (χ0) is 22.3. The minimum absolute atomic E-state index is 0.163. The van der Waals surface area contributed by atoms with Gasteiger partial charge in [-0.15, -0.1) is 11.8 Å². The molecule has 30 heavy (non-hydrogen) atoms. The van der Waals surface area contributed by atoms with Gasteiger partial charge in [-0.2, -0.15) is 0 Å². The number of ether oxygens (including phenoxy) is 3. The number of benzene rings is 2. The summed E-state index contributed by atoms with van der Waals surface area (Å²) in [6, 6.07) is 12.6. The maximum atomic E-state index is 12.5. The van der Waals surface area contributed by atoms with Crippen molar-refractivity contribution in [1.29, 1.82) is 0 Å². The van der Waals surface area contributed by atoms with Crippen molar-refractivity contribution in [3.05, 3.63) is 64.2 Å². The van der Waals surface area contributed by atoms with Crippen LogP contribution in [0.15, 0.2) is 53.4 Å². The Kier molecular flexibility index (Phi) is 8.76. The number of hydrogen-bond donors (Lipinski definition) is 0.